The molecule has 2 aliphatic rings. The van der Waals surface area contributed by atoms with Gasteiger partial charge in [-0.1, -0.05) is 56.2 Å². The van der Waals surface area contributed by atoms with Gasteiger partial charge in [0.2, 0.25) is 5.91 Å². The van der Waals surface area contributed by atoms with Crippen LogP contribution in [0.4, 0.5) is 0 Å². The summed E-state index contributed by atoms with van der Waals surface area (Å²) in [6.45, 7) is 4.34. The fourth-order valence-corrected chi connectivity index (χ4v) is 4.15. The quantitative estimate of drug-likeness (QED) is 0.777. The number of benzene rings is 1. The summed E-state index contributed by atoms with van der Waals surface area (Å²) in [5, 5.41) is 0. The Morgan fingerprint density at radius 3 is 2.52 bits per heavy atom. The van der Waals surface area contributed by atoms with Gasteiger partial charge in [-0.2, -0.15) is 0 Å². The number of rotatable bonds is 5. The first-order valence-corrected chi connectivity index (χ1v) is 8.69. The van der Waals surface area contributed by atoms with E-state index in [0.717, 1.165) is 31.2 Å². The van der Waals surface area contributed by atoms with Crippen LogP contribution in [0.2, 0.25) is 0 Å². The molecule has 0 N–H and O–H groups in total. The first kappa shape index (κ1) is 16.0. The zero-order valence-electron chi connectivity index (χ0n) is 13.7. The van der Waals surface area contributed by atoms with E-state index in [2.05, 4.69) is 6.58 Å². The Morgan fingerprint density at radius 1 is 1.22 bits per heavy atom. The predicted molar refractivity (Wildman–Crippen MR) is 90.7 cm³/mol. The fraction of sp³-hybridized carbons (Fsp3) is 0.500. The molecule has 1 saturated heterocycles. The van der Waals surface area contributed by atoms with E-state index in [-0.39, 0.29) is 17.6 Å². The van der Waals surface area contributed by atoms with Gasteiger partial charge in [-0.15, -0.1) is 0 Å². The number of likely N-dealkylation sites (tertiary alicyclic amines) is 1. The van der Waals surface area contributed by atoms with E-state index < -0.39 is 5.41 Å². The molecule has 2 fully saturated rings. The van der Waals surface area contributed by atoms with Crippen molar-refractivity contribution in [2.75, 3.05) is 6.54 Å². The smallest absolute Gasteiger partial charge is 0.240 e. The van der Waals surface area contributed by atoms with Gasteiger partial charge in [0.25, 0.3) is 0 Å². The molecule has 1 aliphatic carbocycles. The van der Waals surface area contributed by atoms with E-state index in [1.165, 1.54) is 6.42 Å². The Labute approximate surface area is 138 Å². The summed E-state index contributed by atoms with van der Waals surface area (Å²) in [6, 6.07) is 9.93. The Balaban J connectivity index is 1.91. The first-order valence-electron chi connectivity index (χ1n) is 8.69. The van der Waals surface area contributed by atoms with Crippen LogP contribution in [0.3, 0.4) is 0 Å². The van der Waals surface area contributed by atoms with E-state index >= 15 is 0 Å². The first-order chi connectivity index (χ1) is 11.2. The third-order valence-corrected chi connectivity index (χ3v) is 5.47. The number of ketones is 1. The molecule has 1 aromatic rings. The topological polar surface area (TPSA) is 37.4 Å². The van der Waals surface area contributed by atoms with Gasteiger partial charge < -0.3 is 4.90 Å². The van der Waals surface area contributed by atoms with Crippen molar-refractivity contribution in [2.24, 2.45) is 11.3 Å². The minimum atomic E-state index is -0.877. The highest BCUT2D eigenvalue weighted by atomic mass is 16.2. The van der Waals surface area contributed by atoms with Gasteiger partial charge >= 0.3 is 0 Å². The van der Waals surface area contributed by atoms with E-state index in [1.54, 1.807) is 11.1 Å². The molecule has 0 aromatic heterocycles. The third kappa shape index (κ3) is 2.97. The summed E-state index contributed by atoms with van der Waals surface area (Å²) in [5.74, 6) is 0.184. The van der Waals surface area contributed by atoms with Crippen LogP contribution in [0.5, 0.6) is 0 Å². The second kappa shape index (κ2) is 6.69. The molecule has 122 valence electrons. The summed E-state index contributed by atoms with van der Waals surface area (Å²) in [7, 11) is 0. The molecule has 3 nitrogen and oxygen atoms in total. The van der Waals surface area contributed by atoms with Crippen molar-refractivity contribution in [3.8, 4) is 0 Å². The van der Waals surface area contributed by atoms with Crippen LogP contribution in [-0.4, -0.2) is 23.1 Å². The van der Waals surface area contributed by atoms with Crippen molar-refractivity contribution < 1.29 is 9.59 Å². The van der Waals surface area contributed by atoms with Crippen molar-refractivity contribution in [3.63, 3.8) is 0 Å². The van der Waals surface area contributed by atoms with E-state index in [9.17, 15) is 9.59 Å². The monoisotopic (exact) mass is 311 g/mol. The SMILES string of the molecule is C=CN1CCC(Cc2ccccc2)(C(=O)C2CCCCC2)C1=O. The maximum Gasteiger partial charge on any atom is 0.240 e. The van der Waals surface area contributed by atoms with Gasteiger partial charge in [0.05, 0.1) is 0 Å². The summed E-state index contributed by atoms with van der Waals surface area (Å²) in [4.78, 5) is 27.9. The molecule has 0 spiro atoms. The highest BCUT2D eigenvalue weighted by Crippen LogP contribution is 2.41. The Hall–Kier alpha value is -1.90. The van der Waals surface area contributed by atoms with Gasteiger partial charge in [-0.3, -0.25) is 9.59 Å². The molecule has 3 heteroatoms. The summed E-state index contributed by atoms with van der Waals surface area (Å²) >= 11 is 0. The summed E-state index contributed by atoms with van der Waals surface area (Å²) in [5.41, 5.74) is 0.188. The van der Waals surface area contributed by atoms with Crippen LogP contribution in [-0.2, 0) is 16.0 Å². The van der Waals surface area contributed by atoms with Crippen molar-refractivity contribution in [1.29, 1.82) is 0 Å². The Morgan fingerprint density at radius 2 is 1.91 bits per heavy atom. The Bertz CT molecular complexity index is 589. The highest BCUT2D eigenvalue weighted by Gasteiger charge is 2.53. The molecule has 1 unspecified atom stereocenters. The van der Waals surface area contributed by atoms with Gasteiger partial charge in [0.15, 0.2) is 5.78 Å². The number of hydrogen-bond donors (Lipinski definition) is 0. The molecule has 1 aromatic carbocycles. The zero-order chi connectivity index (χ0) is 16.3. The average Bonchev–Trinajstić information content (AvgIpc) is 2.93. The summed E-state index contributed by atoms with van der Waals surface area (Å²) in [6.07, 6.45) is 8.02. The Kier molecular flexibility index (Phi) is 4.65. The minimum Gasteiger partial charge on any atom is -0.319 e. The highest BCUT2D eigenvalue weighted by molar-refractivity contribution is 6.08. The molecule has 23 heavy (non-hydrogen) atoms. The van der Waals surface area contributed by atoms with Crippen LogP contribution in [0.25, 0.3) is 0 Å². The van der Waals surface area contributed by atoms with Crippen molar-refractivity contribution >= 4 is 11.7 Å². The zero-order valence-corrected chi connectivity index (χ0v) is 13.7. The van der Waals surface area contributed by atoms with Gasteiger partial charge in [-0.25, -0.2) is 0 Å². The number of nitrogens with zero attached hydrogens (tertiary/aromatic N) is 1. The van der Waals surface area contributed by atoms with E-state index in [0.29, 0.717) is 19.4 Å². The van der Waals surface area contributed by atoms with Gasteiger partial charge in [-0.05, 0) is 37.4 Å². The number of hydrogen-bond acceptors (Lipinski definition) is 2. The van der Waals surface area contributed by atoms with E-state index in [1.807, 2.05) is 30.3 Å². The largest absolute Gasteiger partial charge is 0.319 e. The number of Topliss-reactive ketones (excluding diaryl/α,β-unsaturated/α-hetero) is 1. The lowest BCUT2D eigenvalue weighted by Crippen LogP contribution is -2.44. The maximum atomic E-state index is 13.3. The lowest BCUT2D eigenvalue weighted by Gasteiger charge is -2.32. The van der Waals surface area contributed by atoms with Crippen LogP contribution in [0, 0.1) is 11.3 Å². The molecule has 0 radical (unpaired) electrons. The van der Waals surface area contributed by atoms with Crippen LogP contribution in [0.15, 0.2) is 43.1 Å². The summed E-state index contributed by atoms with van der Waals surface area (Å²) < 4.78 is 0. The van der Waals surface area contributed by atoms with E-state index in [4.69, 9.17) is 0 Å². The number of carbonyl (C=O) groups is 2. The molecule has 1 saturated carbocycles. The molecule has 0 bridgehead atoms. The second-order valence-electron chi connectivity index (χ2n) is 6.87. The lowest BCUT2D eigenvalue weighted by molar-refractivity contribution is -0.145. The van der Waals surface area contributed by atoms with Crippen molar-refractivity contribution in [2.45, 2.75) is 44.9 Å². The lowest BCUT2D eigenvalue weighted by atomic mass is 9.69. The molecule has 1 heterocycles. The molecular weight excluding hydrogens is 286 g/mol. The fourth-order valence-electron chi connectivity index (χ4n) is 4.15. The standard InChI is InChI=1S/C20H25NO2/c1-2-21-14-13-20(19(21)23,15-16-9-5-3-6-10-16)18(22)17-11-7-4-8-12-17/h2-3,5-6,9-10,17H,1,4,7-8,11-15H2. The second-order valence-corrected chi connectivity index (χ2v) is 6.87. The molecule has 3 rings (SSSR count). The van der Waals surface area contributed by atoms with Gasteiger partial charge in [0.1, 0.15) is 5.41 Å². The van der Waals surface area contributed by atoms with Gasteiger partial charge in [0, 0.05) is 12.5 Å². The third-order valence-electron chi connectivity index (χ3n) is 5.47. The molecule has 1 aliphatic heterocycles. The normalized spacial score (nSPS) is 25.6. The van der Waals surface area contributed by atoms with Crippen LogP contribution in [0.1, 0.15) is 44.1 Å². The maximum absolute atomic E-state index is 13.3. The predicted octanol–water partition coefficient (Wildman–Crippen LogP) is 3.74. The minimum absolute atomic E-state index is 0.0491. The number of carbonyl (C=O) groups excluding carboxylic acids is 2. The molecule has 1 amide bonds. The molecule has 1 atom stereocenters. The van der Waals surface area contributed by atoms with Crippen molar-refractivity contribution in [3.05, 3.63) is 48.7 Å². The van der Waals surface area contributed by atoms with Crippen LogP contribution >= 0.6 is 0 Å². The van der Waals surface area contributed by atoms with Crippen LogP contribution < -0.4 is 0 Å². The average molecular weight is 311 g/mol. The van der Waals surface area contributed by atoms with Crippen molar-refractivity contribution in [1.82, 2.24) is 4.90 Å². The number of amides is 1. The molecular formula is C20H25NO2.